The molecule has 1 fully saturated rings. The van der Waals surface area contributed by atoms with Crippen molar-refractivity contribution in [1.82, 2.24) is 10.2 Å². The van der Waals surface area contributed by atoms with Gasteiger partial charge in [-0.25, -0.2) is 0 Å². The highest BCUT2D eigenvalue weighted by atomic mass is 79.9. The molecule has 1 aromatic rings. The summed E-state index contributed by atoms with van der Waals surface area (Å²) in [4.78, 5) is 2.47. The largest absolute Gasteiger partial charge is 0.379 e. The quantitative estimate of drug-likeness (QED) is 0.900. The second-order valence-electron chi connectivity index (χ2n) is 5.27. The SMILES string of the molecule is Cc1cc(Br)ccc1CNC(C)CN1CCOCC1. The Morgan fingerprint density at radius 1 is 1.37 bits per heavy atom. The lowest BCUT2D eigenvalue weighted by molar-refractivity contribution is 0.0343. The Kier molecular flexibility index (Phi) is 5.82. The molecule has 3 nitrogen and oxygen atoms in total. The van der Waals surface area contributed by atoms with E-state index < -0.39 is 0 Å². The third kappa shape index (κ3) is 4.88. The molecule has 0 bridgehead atoms. The zero-order chi connectivity index (χ0) is 13.7. The monoisotopic (exact) mass is 326 g/mol. The molecule has 0 spiro atoms. The summed E-state index contributed by atoms with van der Waals surface area (Å²) in [6.45, 7) is 10.3. The van der Waals surface area contributed by atoms with Gasteiger partial charge in [0.05, 0.1) is 13.2 Å². The molecule has 0 radical (unpaired) electrons. The molecular weight excluding hydrogens is 304 g/mol. The van der Waals surface area contributed by atoms with Gasteiger partial charge in [-0.05, 0) is 37.1 Å². The number of halogens is 1. The van der Waals surface area contributed by atoms with E-state index in [0.29, 0.717) is 6.04 Å². The van der Waals surface area contributed by atoms with Crippen molar-refractivity contribution in [2.24, 2.45) is 0 Å². The number of nitrogens with one attached hydrogen (secondary N) is 1. The summed E-state index contributed by atoms with van der Waals surface area (Å²) in [5, 5.41) is 3.61. The van der Waals surface area contributed by atoms with Gasteiger partial charge in [0, 0.05) is 36.7 Å². The zero-order valence-corrected chi connectivity index (χ0v) is 13.4. The first-order valence-corrected chi connectivity index (χ1v) is 7.73. The maximum Gasteiger partial charge on any atom is 0.0594 e. The Hall–Kier alpha value is -0.420. The fraction of sp³-hybridized carbons (Fsp3) is 0.600. The first-order valence-electron chi connectivity index (χ1n) is 6.93. The fourth-order valence-electron chi connectivity index (χ4n) is 2.38. The van der Waals surface area contributed by atoms with Crippen LogP contribution in [0.25, 0.3) is 0 Å². The summed E-state index contributed by atoms with van der Waals surface area (Å²) in [5.41, 5.74) is 2.71. The van der Waals surface area contributed by atoms with Crippen LogP contribution in [0.2, 0.25) is 0 Å². The molecule has 4 heteroatoms. The number of hydrogen-bond acceptors (Lipinski definition) is 3. The van der Waals surface area contributed by atoms with Crippen LogP contribution in [0, 0.1) is 6.92 Å². The maximum atomic E-state index is 5.37. The van der Waals surface area contributed by atoms with E-state index in [1.54, 1.807) is 0 Å². The van der Waals surface area contributed by atoms with Gasteiger partial charge in [0.1, 0.15) is 0 Å². The second-order valence-corrected chi connectivity index (χ2v) is 6.18. The van der Waals surface area contributed by atoms with Gasteiger partial charge in [0.2, 0.25) is 0 Å². The summed E-state index contributed by atoms with van der Waals surface area (Å²) in [5.74, 6) is 0. The number of hydrogen-bond donors (Lipinski definition) is 1. The molecule has 1 aliphatic heterocycles. The number of aryl methyl sites for hydroxylation is 1. The molecule has 0 aliphatic carbocycles. The highest BCUT2D eigenvalue weighted by molar-refractivity contribution is 9.10. The van der Waals surface area contributed by atoms with Gasteiger partial charge < -0.3 is 10.1 Å². The molecule has 1 heterocycles. The fourth-order valence-corrected chi connectivity index (χ4v) is 2.85. The smallest absolute Gasteiger partial charge is 0.0594 e. The second kappa shape index (κ2) is 7.39. The van der Waals surface area contributed by atoms with Crippen molar-refractivity contribution < 1.29 is 4.74 Å². The molecule has 1 aliphatic rings. The lowest BCUT2D eigenvalue weighted by atomic mass is 10.1. The normalized spacial score (nSPS) is 18.5. The van der Waals surface area contributed by atoms with Gasteiger partial charge in [-0.2, -0.15) is 0 Å². The lowest BCUT2D eigenvalue weighted by Gasteiger charge is -2.29. The molecule has 19 heavy (non-hydrogen) atoms. The van der Waals surface area contributed by atoms with Crippen LogP contribution in [0.4, 0.5) is 0 Å². The van der Waals surface area contributed by atoms with Gasteiger partial charge in [-0.15, -0.1) is 0 Å². The van der Waals surface area contributed by atoms with Crippen molar-refractivity contribution in [2.45, 2.75) is 26.4 Å². The average Bonchev–Trinajstić information content (AvgIpc) is 2.39. The Labute approximate surface area is 124 Å². The Morgan fingerprint density at radius 3 is 2.79 bits per heavy atom. The molecule has 0 saturated carbocycles. The van der Waals surface area contributed by atoms with Gasteiger partial charge >= 0.3 is 0 Å². The lowest BCUT2D eigenvalue weighted by Crippen LogP contribution is -2.44. The molecule has 106 valence electrons. The van der Waals surface area contributed by atoms with Gasteiger partial charge in [0.25, 0.3) is 0 Å². The van der Waals surface area contributed by atoms with E-state index in [-0.39, 0.29) is 0 Å². The van der Waals surface area contributed by atoms with Crippen molar-refractivity contribution in [3.8, 4) is 0 Å². The minimum atomic E-state index is 0.501. The van der Waals surface area contributed by atoms with Crippen LogP contribution in [-0.2, 0) is 11.3 Å². The molecule has 1 saturated heterocycles. The number of nitrogens with zero attached hydrogens (tertiary/aromatic N) is 1. The van der Waals surface area contributed by atoms with Crippen molar-refractivity contribution in [3.05, 3.63) is 33.8 Å². The molecular formula is C15H23BrN2O. The van der Waals surface area contributed by atoms with Crippen molar-refractivity contribution in [2.75, 3.05) is 32.8 Å². The molecule has 1 aromatic carbocycles. The van der Waals surface area contributed by atoms with E-state index >= 15 is 0 Å². The molecule has 0 aromatic heterocycles. The zero-order valence-electron chi connectivity index (χ0n) is 11.8. The Bertz CT molecular complexity index is 405. The Morgan fingerprint density at radius 2 is 2.11 bits per heavy atom. The number of rotatable bonds is 5. The minimum absolute atomic E-state index is 0.501. The number of morpholine rings is 1. The van der Waals surface area contributed by atoms with E-state index in [1.165, 1.54) is 11.1 Å². The number of ether oxygens (including phenoxy) is 1. The van der Waals surface area contributed by atoms with Crippen molar-refractivity contribution in [1.29, 1.82) is 0 Å². The first kappa shape index (κ1) is 15.0. The highest BCUT2D eigenvalue weighted by Gasteiger charge is 2.13. The third-order valence-corrected chi connectivity index (χ3v) is 4.07. The third-order valence-electron chi connectivity index (χ3n) is 3.58. The standard InChI is InChI=1S/C15H23BrN2O/c1-12-9-15(16)4-3-14(12)10-17-13(2)11-18-5-7-19-8-6-18/h3-4,9,13,17H,5-8,10-11H2,1-2H3. The van der Waals surface area contributed by atoms with E-state index in [4.69, 9.17) is 4.74 Å². The van der Waals surface area contributed by atoms with E-state index in [9.17, 15) is 0 Å². The molecule has 1 unspecified atom stereocenters. The Balaban J connectivity index is 1.77. The van der Waals surface area contributed by atoms with Crippen LogP contribution in [0.3, 0.4) is 0 Å². The first-order chi connectivity index (χ1) is 9.15. The summed E-state index contributed by atoms with van der Waals surface area (Å²) in [7, 11) is 0. The topological polar surface area (TPSA) is 24.5 Å². The van der Waals surface area contributed by atoms with Gasteiger partial charge in [-0.1, -0.05) is 22.0 Å². The molecule has 1 N–H and O–H groups in total. The van der Waals surface area contributed by atoms with Crippen LogP contribution in [0.15, 0.2) is 22.7 Å². The summed E-state index contributed by atoms with van der Waals surface area (Å²) in [6.07, 6.45) is 0. The van der Waals surface area contributed by atoms with E-state index in [1.807, 2.05) is 0 Å². The van der Waals surface area contributed by atoms with Gasteiger partial charge in [0.15, 0.2) is 0 Å². The average molecular weight is 327 g/mol. The van der Waals surface area contributed by atoms with Crippen LogP contribution >= 0.6 is 15.9 Å². The van der Waals surface area contributed by atoms with Crippen LogP contribution < -0.4 is 5.32 Å². The minimum Gasteiger partial charge on any atom is -0.379 e. The van der Waals surface area contributed by atoms with E-state index in [2.05, 4.69) is 58.2 Å². The predicted octanol–water partition coefficient (Wildman–Crippen LogP) is 2.57. The summed E-state index contributed by atoms with van der Waals surface area (Å²) < 4.78 is 6.52. The molecule has 2 rings (SSSR count). The maximum absolute atomic E-state index is 5.37. The summed E-state index contributed by atoms with van der Waals surface area (Å²) >= 11 is 3.50. The summed E-state index contributed by atoms with van der Waals surface area (Å²) in [6, 6.07) is 6.97. The van der Waals surface area contributed by atoms with Crippen LogP contribution in [0.1, 0.15) is 18.1 Å². The van der Waals surface area contributed by atoms with E-state index in [0.717, 1.165) is 43.9 Å². The van der Waals surface area contributed by atoms with Crippen LogP contribution in [0.5, 0.6) is 0 Å². The van der Waals surface area contributed by atoms with Crippen molar-refractivity contribution in [3.63, 3.8) is 0 Å². The molecule has 0 amide bonds. The number of benzene rings is 1. The molecule has 1 atom stereocenters. The highest BCUT2D eigenvalue weighted by Crippen LogP contribution is 2.15. The van der Waals surface area contributed by atoms with Crippen molar-refractivity contribution >= 4 is 15.9 Å². The van der Waals surface area contributed by atoms with Crippen LogP contribution in [-0.4, -0.2) is 43.8 Å². The van der Waals surface area contributed by atoms with Gasteiger partial charge in [-0.3, -0.25) is 4.90 Å². The predicted molar refractivity (Wildman–Crippen MR) is 82.4 cm³/mol.